The largest absolute Gasteiger partial charge is 0.497 e. The third-order valence-electron chi connectivity index (χ3n) is 4.59. The van der Waals surface area contributed by atoms with E-state index in [0.717, 1.165) is 27.9 Å². The number of para-hydroxylation sites is 1. The normalized spacial score (nSPS) is 12.0. The van der Waals surface area contributed by atoms with E-state index >= 15 is 0 Å². The first-order chi connectivity index (χ1) is 13.0. The first kappa shape index (κ1) is 18.7. The number of hydrogen-bond donors (Lipinski definition) is 1. The number of rotatable bonds is 7. The van der Waals surface area contributed by atoms with Crippen LogP contribution in [0.5, 0.6) is 5.75 Å². The number of carbonyl (C=O) groups excluding carboxylic acids is 2. The number of ether oxygens (including phenoxy) is 2. The van der Waals surface area contributed by atoms with Gasteiger partial charge < -0.3 is 14.5 Å². The van der Waals surface area contributed by atoms with Crippen LogP contribution in [-0.2, 0) is 16.0 Å². The third kappa shape index (κ3) is 4.19. The number of nitrogens with one attached hydrogen (secondary N) is 1. The zero-order valence-electron chi connectivity index (χ0n) is 15.7. The van der Waals surface area contributed by atoms with Crippen LogP contribution >= 0.6 is 0 Å². The zero-order valence-corrected chi connectivity index (χ0v) is 15.7. The number of aromatic nitrogens is 1. The van der Waals surface area contributed by atoms with E-state index in [1.807, 2.05) is 55.5 Å². The van der Waals surface area contributed by atoms with Gasteiger partial charge in [0.15, 0.2) is 6.10 Å². The molecule has 1 atom stereocenters. The van der Waals surface area contributed by atoms with E-state index in [0.29, 0.717) is 12.0 Å². The molecule has 0 radical (unpaired) electrons. The molecule has 1 aromatic heterocycles. The minimum atomic E-state index is -0.828. The fraction of sp³-hybridized carbons (Fsp3) is 0.273. The molecule has 0 spiro atoms. The van der Waals surface area contributed by atoms with Gasteiger partial charge >= 0.3 is 5.97 Å². The summed E-state index contributed by atoms with van der Waals surface area (Å²) in [6, 6.07) is 15.1. The Balaban J connectivity index is 1.61. The molecule has 2 aromatic carbocycles. The van der Waals surface area contributed by atoms with E-state index in [-0.39, 0.29) is 18.2 Å². The zero-order chi connectivity index (χ0) is 19.4. The molecular formula is C22H23NO4. The lowest BCUT2D eigenvalue weighted by Crippen LogP contribution is -2.25. The Bertz CT molecular complexity index is 956. The number of H-pyrrole nitrogens is 1. The number of aryl methyl sites for hydroxylation is 2. The predicted molar refractivity (Wildman–Crippen MR) is 104 cm³/mol. The predicted octanol–water partition coefficient (Wildman–Crippen LogP) is 4.23. The summed E-state index contributed by atoms with van der Waals surface area (Å²) in [6.45, 7) is 3.47. The SMILES string of the molecule is COc1ccc(CCC(=O)O[C@@H](C)C(=O)c2c(C)[nH]c3ccccc23)cc1. The van der Waals surface area contributed by atoms with Crippen molar-refractivity contribution in [2.24, 2.45) is 0 Å². The molecule has 0 unspecified atom stereocenters. The van der Waals surface area contributed by atoms with E-state index in [2.05, 4.69) is 4.98 Å². The molecule has 0 aliphatic rings. The molecule has 0 amide bonds. The third-order valence-corrected chi connectivity index (χ3v) is 4.59. The maximum Gasteiger partial charge on any atom is 0.306 e. The van der Waals surface area contributed by atoms with E-state index in [1.165, 1.54) is 0 Å². The van der Waals surface area contributed by atoms with Crippen LogP contribution in [0.15, 0.2) is 48.5 Å². The second-order valence-electron chi connectivity index (χ2n) is 6.51. The molecule has 140 valence electrons. The van der Waals surface area contributed by atoms with Gasteiger partial charge in [-0.25, -0.2) is 0 Å². The summed E-state index contributed by atoms with van der Waals surface area (Å²) in [5, 5.41) is 0.848. The van der Waals surface area contributed by atoms with Crippen LogP contribution < -0.4 is 4.74 Å². The molecule has 0 saturated carbocycles. The molecule has 3 aromatic rings. The van der Waals surface area contributed by atoms with Crippen molar-refractivity contribution in [1.82, 2.24) is 4.98 Å². The van der Waals surface area contributed by atoms with E-state index in [9.17, 15) is 9.59 Å². The minimum absolute atomic E-state index is 0.192. The summed E-state index contributed by atoms with van der Waals surface area (Å²) in [7, 11) is 1.61. The highest BCUT2D eigenvalue weighted by molar-refractivity contribution is 6.11. The molecule has 5 heteroatoms. The number of hydrogen-bond acceptors (Lipinski definition) is 4. The van der Waals surface area contributed by atoms with Gasteiger partial charge in [-0.3, -0.25) is 9.59 Å². The number of esters is 1. The lowest BCUT2D eigenvalue weighted by Gasteiger charge is -2.13. The van der Waals surface area contributed by atoms with Gasteiger partial charge in [-0.2, -0.15) is 0 Å². The first-order valence-corrected chi connectivity index (χ1v) is 8.93. The number of Topliss-reactive ketones (excluding diaryl/α,β-unsaturated/α-hetero) is 1. The van der Waals surface area contributed by atoms with Crippen molar-refractivity contribution in [2.75, 3.05) is 7.11 Å². The topological polar surface area (TPSA) is 68.4 Å². The average Bonchev–Trinajstić information content (AvgIpc) is 3.01. The molecule has 0 aliphatic carbocycles. The van der Waals surface area contributed by atoms with Gasteiger partial charge in [0.2, 0.25) is 5.78 Å². The highest BCUT2D eigenvalue weighted by Gasteiger charge is 2.24. The Morgan fingerprint density at radius 2 is 1.78 bits per heavy atom. The first-order valence-electron chi connectivity index (χ1n) is 8.93. The maximum atomic E-state index is 12.8. The van der Waals surface area contributed by atoms with Crippen molar-refractivity contribution in [3.8, 4) is 5.75 Å². The summed E-state index contributed by atoms with van der Waals surface area (Å²) in [4.78, 5) is 28.2. The number of benzene rings is 2. The molecule has 27 heavy (non-hydrogen) atoms. The Morgan fingerprint density at radius 1 is 1.07 bits per heavy atom. The second-order valence-corrected chi connectivity index (χ2v) is 6.51. The number of methoxy groups -OCH3 is 1. The average molecular weight is 365 g/mol. The Morgan fingerprint density at radius 3 is 2.48 bits per heavy atom. The standard InChI is InChI=1S/C22H23NO4/c1-14-21(18-6-4-5-7-19(18)23-14)22(25)15(2)27-20(24)13-10-16-8-11-17(26-3)12-9-16/h4-9,11-12,15,23H,10,13H2,1-3H3/t15-/m0/s1. The lowest BCUT2D eigenvalue weighted by atomic mass is 10.0. The van der Waals surface area contributed by atoms with Crippen molar-refractivity contribution >= 4 is 22.7 Å². The van der Waals surface area contributed by atoms with E-state index < -0.39 is 6.10 Å². The lowest BCUT2D eigenvalue weighted by molar-refractivity contribution is -0.146. The smallest absolute Gasteiger partial charge is 0.306 e. The molecule has 0 fully saturated rings. The summed E-state index contributed by atoms with van der Waals surface area (Å²) in [5.74, 6) is 0.196. The van der Waals surface area contributed by atoms with E-state index in [4.69, 9.17) is 9.47 Å². The van der Waals surface area contributed by atoms with Crippen LogP contribution in [-0.4, -0.2) is 30.0 Å². The summed E-state index contributed by atoms with van der Waals surface area (Å²) in [6.07, 6.45) is -0.0570. The van der Waals surface area contributed by atoms with Crippen LogP contribution in [0.2, 0.25) is 0 Å². The number of ketones is 1. The molecule has 5 nitrogen and oxygen atoms in total. The quantitative estimate of drug-likeness (QED) is 0.502. The van der Waals surface area contributed by atoms with Gasteiger partial charge in [-0.15, -0.1) is 0 Å². The van der Waals surface area contributed by atoms with Crippen molar-refractivity contribution in [3.63, 3.8) is 0 Å². The molecule has 0 aliphatic heterocycles. The Kier molecular flexibility index (Phi) is 5.60. The molecule has 1 heterocycles. The Hall–Kier alpha value is -3.08. The van der Waals surface area contributed by atoms with Crippen molar-refractivity contribution < 1.29 is 19.1 Å². The van der Waals surface area contributed by atoms with Gasteiger partial charge in [0.25, 0.3) is 0 Å². The second kappa shape index (κ2) is 8.08. The van der Waals surface area contributed by atoms with Crippen LogP contribution in [0.3, 0.4) is 0 Å². The highest BCUT2D eigenvalue weighted by atomic mass is 16.5. The van der Waals surface area contributed by atoms with Crippen LogP contribution in [0.25, 0.3) is 10.9 Å². The van der Waals surface area contributed by atoms with Gasteiger partial charge in [0, 0.05) is 28.6 Å². The molecule has 0 bridgehead atoms. The van der Waals surface area contributed by atoms with Gasteiger partial charge in [0.05, 0.1) is 7.11 Å². The maximum absolute atomic E-state index is 12.8. The van der Waals surface area contributed by atoms with Crippen molar-refractivity contribution in [3.05, 3.63) is 65.4 Å². The van der Waals surface area contributed by atoms with Gasteiger partial charge in [0.1, 0.15) is 5.75 Å². The highest BCUT2D eigenvalue weighted by Crippen LogP contribution is 2.24. The van der Waals surface area contributed by atoms with Crippen LogP contribution in [0.1, 0.15) is 35.0 Å². The molecule has 0 saturated heterocycles. The number of aromatic amines is 1. The monoisotopic (exact) mass is 365 g/mol. The number of carbonyl (C=O) groups is 2. The summed E-state index contributed by atoms with van der Waals surface area (Å²) < 4.78 is 10.5. The van der Waals surface area contributed by atoms with Crippen LogP contribution in [0, 0.1) is 6.92 Å². The van der Waals surface area contributed by atoms with E-state index in [1.54, 1.807) is 14.0 Å². The Labute approximate surface area is 158 Å². The number of fused-ring (bicyclic) bond motifs is 1. The fourth-order valence-electron chi connectivity index (χ4n) is 3.15. The van der Waals surface area contributed by atoms with Crippen molar-refractivity contribution in [1.29, 1.82) is 0 Å². The van der Waals surface area contributed by atoms with Crippen LogP contribution in [0.4, 0.5) is 0 Å². The van der Waals surface area contributed by atoms with Gasteiger partial charge in [-0.05, 0) is 44.0 Å². The summed E-state index contributed by atoms with van der Waals surface area (Å²) in [5.41, 5.74) is 3.28. The van der Waals surface area contributed by atoms with Gasteiger partial charge in [-0.1, -0.05) is 30.3 Å². The molecule has 1 N–H and O–H groups in total. The minimum Gasteiger partial charge on any atom is -0.497 e. The van der Waals surface area contributed by atoms with Crippen molar-refractivity contribution in [2.45, 2.75) is 32.8 Å². The molecular weight excluding hydrogens is 342 g/mol. The molecule has 3 rings (SSSR count). The summed E-state index contributed by atoms with van der Waals surface area (Å²) >= 11 is 0. The fourth-order valence-corrected chi connectivity index (χ4v) is 3.15.